The van der Waals surface area contributed by atoms with E-state index in [1.54, 1.807) is 12.1 Å². The van der Waals surface area contributed by atoms with Gasteiger partial charge in [-0.2, -0.15) is 0 Å². The van der Waals surface area contributed by atoms with Gasteiger partial charge in [-0.05, 0) is 29.9 Å². The molecular weight excluding hydrogens is 215 g/mol. The number of hydrogen-bond donors (Lipinski definition) is 0. The van der Waals surface area contributed by atoms with Gasteiger partial charge in [-0.1, -0.05) is 38.1 Å². The third-order valence-corrected chi connectivity index (χ3v) is 2.20. The van der Waals surface area contributed by atoms with Gasteiger partial charge in [-0.25, -0.2) is 0 Å². The minimum Gasteiger partial charge on any atom is -0.545 e. The average molecular weight is 230 g/mol. The van der Waals surface area contributed by atoms with Crippen molar-refractivity contribution in [3.05, 3.63) is 35.4 Å². The van der Waals surface area contributed by atoms with Crippen molar-refractivity contribution in [3.8, 4) is 0 Å². The third kappa shape index (κ3) is 5.83. The Morgan fingerprint density at radius 2 is 1.80 bits per heavy atom. The molecule has 0 bridgehead atoms. The van der Waals surface area contributed by atoms with Crippen LogP contribution in [0.2, 0.25) is 0 Å². The molecule has 0 aliphatic heterocycles. The standard InChI is InChI=1S/C12H16O2.K/c1-9(2)3-4-10-5-7-11(8-6-10)12(13)14;/h5-9H,3-4H2,1-2H3,(H,13,14);/q;+1/p-1. The molecule has 2 nitrogen and oxygen atoms in total. The summed E-state index contributed by atoms with van der Waals surface area (Å²) in [5.74, 6) is -0.434. The van der Waals surface area contributed by atoms with E-state index in [9.17, 15) is 9.90 Å². The zero-order valence-electron chi connectivity index (χ0n) is 9.62. The van der Waals surface area contributed by atoms with Crippen LogP contribution in [0.5, 0.6) is 0 Å². The largest absolute Gasteiger partial charge is 1.00 e. The summed E-state index contributed by atoms with van der Waals surface area (Å²) in [5, 5.41) is 10.5. The fraction of sp³-hybridized carbons (Fsp3) is 0.417. The quantitative estimate of drug-likeness (QED) is 0.600. The van der Waals surface area contributed by atoms with E-state index in [2.05, 4.69) is 13.8 Å². The Bertz CT molecular complexity index is 304. The van der Waals surface area contributed by atoms with Gasteiger partial charge >= 0.3 is 51.4 Å². The zero-order valence-corrected chi connectivity index (χ0v) is 12.7. The Morgan fingerprint density at radius 1 is 1.27 bits per heavy atom. The topological polar surface area (TPSA) is 40.1 Å². The van der Waals surface area contributed by atoms with Crippen molar-refractivity contribution in [2.45, 2.75) is 26.7 Å². The van der Waals surface area contributed by atoms with Gasteiger partial charge in [0.05, 0.1) is 5.97 Å². The van der Waals surface area contributed by atoms with Crippen molar-refractivity contribution >= 4 is 5.97 Å². The normalized spacial score (nSPS) is 9.80. The maximum absolute atomic E-state index is 10.5. The molecule has 0 atom stereocenters. The predicted molar refractivity (Wildman–Crippen MR) is 53.9 cm³/mol. The molecule has 0 spiro atoms. The zero-order chi connectivity index (χ0) is 10.6. The number of aryl methyl sites for hydroxylation is 1. The molecule has 0 saturated heterocycles. The first-order valence-corrected chi connectivity index (χ1v) is 4.90. The van der Waals surface area contributed by atoms with E-state index in [0.717, 1.165) is 12.8 Å². The van der Waals surface area contributed by atoms with Gasteiger partial charge in [-0.15, -0.1) is 0 Å². The van der Waals surface area contributed by atoms with Crippen molar-refractivity contribution in [1.82, 2.24) is 0 Å². The van der Waals surface area contributed by atoms with Crippen LogP contribution in [-0.4, -0.2) is 5.97 Å². The number of carboxylic acids is 1. The number of aromatic carboxylic acids is 1. The summed E-state index contributed by atoms with van der Waals surface area (Å²) >= 11 is 0. The monoisotopic (exact) mass is 230 g/mol. The molecule has 0 aliphatic carbocycles. The second-order valence-corrected chi connectivity index (χ2v) is 3.92. The second kappa shape index (κ2) is 7.58. The van der Waals surface area contributed by atoms with Crippen LogP contribution < -0.4 is 56.5 Å². The maximum Gasteiger partial charge on any atom is 1.00 e. The van der Waals surface area contributed by atoms with Gasteiger partial charge in [0.2, 0.25) is 0 Å². The summed E-state index contributed by atoms with van der Waals surface area (Å²) < 4.78 is 0. The number of carbonyl (C=O) groups is 1. The molecule has 0 fully saturated rings. The van der Waals surface area contributed by atoms with E-state index in [4.69, 9.17) is 0 Å². The van der Waals surface area contributed by atoms with Crippen LogP contribution in [0.3, 0.4) is 0 Å². The minimum atomic E-state index is -1.11. The molecule has 1 rings (SSSR count). The van der Waals surface area contributed by atoms with E-state index >= 15 is 0 Å². The minimum absolute atomic E-state index is 0. The number of carboxylic acid groups (broad SMARTS) is 1. The molecule has 0 aliphatic rings. The smallest absolute Gasteiger partial charge is 0.545 e. The van der Waals surface area contributed by atoms with Crippen LogP contribution in [0.4, 0.5) is 0 Å². The Hall–Kier alpha value is 0.326. The van der Waals surface area contributed by atoms with Crippen LogP contribution in [0, 0.1) is 5.92 Å². The Kier molecular flexibility index (Phi) is 7.74. The molecule has 1 aromatic carbocycles. The predicted octanol–water partition coefficient (Wildman–Crippen LogP) is -1.36. The molecule has 0 unspecified atom stereocenters. The summed E-state index contributed by atoms with van der Waals surface area (Å²) in [6.07, 6.45) is 2.13. The van der Waals surface area contributed by atoms with Crippen LogP contribution >= 0.6 is 0 Å². The van der Waals surface area contributed by atoms with E-state index in [-0.39, 0.29) is 56.9 Å². The summed E-state index contributed by atoms with van der Waals surface area (Å²) in [7, 11) is 0. The summed E-state index contributed by atoms with van der Waals surface area (Å²) in [4.78, 5) is 10.5. The summed E-state index contributed by atoms with van der Waals surface area (Å²) in [6, 6.07) is 6.91. The SMILES string of the molecule is CC(C)CCc1ccc(C(=O)[O-])cc1.[K+]. The van der Waals surface area contributed by atoms with Crippen molar-refractivity contribution in [1.29, 1.82) is 0 Å². The molecule has 3 heteroatoms. The van der Waals surface area contributed by atoms with E-state index in [1.807, 2.05) is 12.1 Å². The van der Waals surface area contributed by atoms with E-state index in [0.29, 0.717) is 5.92 Å². The molecule has 0 amide bonds. The maximum atomic E-state index is 10.5. The van der Waals surface area contributed by atoms with Crippen LogP contribution in [0.25, 0.3) is 0 Å². The second-order valence-electron chi connectivity index (χ2n) is 3.92. The van der Waals surface area contributed by atoms with Gasteiger partial charge in [0, 0.05) is 0 Å². The molecule has 76 valence electrons. The summed E-state index contributed by atoms with van der Waals surface area (Å²) in [5.41, 5.74) is 1.43. The van der Waals surface area contributed by atoms with E-state index < -0.39 is 5.97 Å². The molecular formula is C12H15KO2. The van der Waals surface area contributed by atoms with Gasteiger partial charge in [0.1, 0.15) is 0 Å². The van der Waals surface area contributed by atoms with Gasteiger partial charge < -0.3 is 9.90 Å². The fourth-order valence-corrected chi connectivity index (χ4v) is 1.26. The first kappa shape index (κ1) is 15.3. The molecule has 1 aromatic rings. The van der Waals surface area contributed by atoms with Gasteiger partial charge in [0.15, 0.2) is 0 Å². The Balaban J connectivity index is 0.00000196. The van der Waals surface area contributed by atoms with Crippen LogP contribution in [-0.2, 0) is 6.42 Å². The van der Waals surface area contributed by atoms with Gasteiger partial charge in [-0.3, -0.25) is 0 Å². The fourth-order valence-electron chi connectivity index (χ4n) is 1.26. The van der Waals surface area contributed by atoms with E-state index in [1.165, 1.54) is 5.56 Å². The Labute approximate surface area is 133 Å². The van der Waals surface area contributed by atoms with Crippen molar-refractivity contribution < 1.29 is 61.3 Å². The van der Waals surface area contributed by atoms with Crippen molar-refractivity contribution in [2.24, 2.45) is 5.92 Å². The first-order valence-electron chi connectivity index (χ1n) is 4.90. The Morgan fingerprint density at radius 3 is 2.20 bits per heavy atom. The van der Waals surface area contributed by atoms with Gasteiger partial charge in [0.25, 0.3) is 0 Å². The third-order valence-electron chi connectivity index (χ3n) is 2.20. The molecule has 0 heterocycles. The van der Waals surface area contributed by atoms with Crippen LogP contribution in [0.15, 0.2) is 24.3 Å². The molecule has 0 aromatic heterocycles. The number of carbonyl (C=O) groups excluding carboxylic acids is 1. The molecule has 0 radical (unpaired) electrons. The molecule has 15 heavy (non-hydrogen) atoms. The van der Waals surface area contributed by atoms with Crippen LogP contribution in [0.1, 0.15) is 36.2 Å². The number of rotatable bonds is 4. The average Bonchev–Trinajstić information content (AvgIpc) is 2.15. The number of benzene rings is 1. The number of hydrogen-bond acceptors (Lipinski definition) is 2. The van der Waals surface area contributed by atoms with Crippen molar-refractivity contribution in [3.63, 3.8) is 0 Å². The van der Waals surface area contributed by atoms with Crippen molar-refractivity contribution in [2.75, 3.05) is 0 Å². The molecule has 0 saturated carbocycles. The first-order chi connectivity index (χ1) is 6.59. The summed E-state index contributed by atoms with van der Waals surface area (Å²) in [6.45, 7) is 4.35. The molecule has 0 N–H and O–H groups in total.